The first kappa shape index (κ1) is 7.66. The SMILES string of the molecule is C=c1cccc/c1=C(\O)NC. The van der Waals surface area contributed by atoms with E-state index in [0.717, 1.165) is 10.4 Å². The molecule has 0 amide bonds. The average Bonchev–Trinajstić information content (AvgIpc) is 2.04. The Bertz CT molecular complexity index is 343. The third kappa shape index (κ3) is 1.52. The fourth-order valence-corrected chi connectivity index (χ4v) is 0.886. The van der Waals surface area contributed by atoms with Crippen LogP contribution in [0, 0.1) is 0 Å². The van der Waals surface area contributed by atoms with Crippen LogP contribution in [-0.4, -0.2) is 12.2 Å². The van der Waals surface area contributed by atoms with Crippen LogP contribution < -0.4 is 15.8 Å². The molecule has 1 aromatic rings. The van der Waals surface area contributed by atoms with Gasteiger partial charge < -0.3 is 10.4 Å². The van der Waals surface area contributed by atoms with E-state index in [0.29, 0.717) is 0 Å². The zero-order valence-electron chi connectivity index (χ0n) is 6.46. The third-order valence-corrected chi connectivity index (χ3v) is 1.51. The minimum atomic E-state index is 0.163. The summed E-state index contributed by atoms with van der Waals surface area (Å²) in [5.74, 6) is 0.163. The average molecular weight is 149 g/mol. The highest BCUT2D eigenvalue weighted by Gasteiger charge is 1.88. The van der Waals surface area contributed by atoms with E-state index in [9.17, 15) is 5.11 Å². The molecule has 0 spiro atoms. The van der Waals surface area contributed by atoms with Crippen LogP contribution in [0.1, 0.15) is 0 Å². The predicted octanol–water partition coefficient (Wildman–Crippen LogP) is -0.0600. The topological polar surface area (TPSA) is 32.3 Å². The van der Waals surface area contributed by atoms with Crippen molar-refractivity contribution in [2.45, 2.75) is 0 Å². The zero-order chi connectivity index (χ0) is 8.27. The summed E-state index contributed by atoms with van der Waals surface area (Å²) >= 11 is 0. The van der Waals surface area contributed by atoms with E-state index in [1.54, 1.807) is 7.05 Å². The van der Waals surface area contributed by atoms with Crippen LogP contribution >= 0.6 is 0 Å². The van der Waals surface area contributed by atoms with Gasteiger partial charge in [0.15, 0.2) is 5.88 Å². The molecule has 0 saturated heterocycles. The largest absolute Gasteiger partial charge is 0.494 e. The highest BCUT2D eigenvalue weighted by atomic mass is 16.3. The molecule has 0 aromatic heterocycles. The normalized spacial score (nSPS) is 12.5. The van der Waals surface area contributed by atoms with E-state index < -0.39 is 0 Å². The molecule has 0 atom stereocenters. The number of rotatable bonds is 1. The maximum atomic E-state index is 9.28. The molecule has 0 aliphatic carbocycles. The third-order valence-electron chi connectivity index (χ3n) is 1.51. The van der Waals surface area contributed by atoms with Crippen LogP contribution in [0.5, 0.6) is 0 Å². The van der Waals surface area contributed by atoms with Gasteiger partial charge in [0.05, 0.1) is 0 Å². The van der Waals surface area contributed by atoms with Crippen molar-refractivity contribution in [3.05, 3.63) is 34.7 Å². The number of aliphatic hydroxyl groups is 1. The number of benzene rings is 1. The Balaban J connectivity index is 3.46. The number of aliphatic hydroxyl groups excluding tert-OH is 1. The fraction of sp³-hybridized carbons (Fsp3) is 0.111. The van der Waals surface area contributed by atoms with Gasteiger partial charge in [-0.05, 0) is 11.3 Å². The van der Waals surface area contributed by atoms with E-state index in [-0.39, 0.29) is 5.88 Å². The van der Waals surface area contributed by atoms with Gasteiger partial charge in [0.1, 0.15) is 0 Å². The highest BCUT2D eigenvalue weighted by molar-refractivity contribution is 5.33. The van der Waals surface area contributed by atoms with Crippen LogP contribution in [0.3, 0.4) is 0 Å². The lowest BCUT2D eigenvalue weighted by atomic mass is 10.2. The van der Waals surface area contributed by atoms with Gasteiger partial charge >= 0.3 is 0 Å². The molecule has 0 radical (unpaired) electrons. The minimum absolute atomic E-state index is 0.163. The lowest BCUT2D eigenvalue weighted by Crippen LogP contribution is -2.29. The minimum Gasteiger partial charge on any atom is -0.494 e. The summed E-state index contributed by atoms with van der Waals surface area (Å²) in [6, 6.07) is 7.41. The Hall–Kier alpha value is -1.44. The molecule has 1 aromatic carbocycles. The second kappa shape index (κ2) is 3.10. The maximum Gasteiger partial charge on any atom is 0.191 e. The number of hydrogen-bond donors (Lipinski definition) is 2. The molecule has 0 aliphatic heterocycles. The van der Waals surface area contributed by atoms with Gasteiger partial charge in [-0.2, -0.15) is 0 Å². The van der Waals surface area contributed by atoms with Crippen LogP contribution in [0.2, 0.25) is 0 Å². The van der Waals surface area contributed by atoms with Gasteiger partial charge in [-0.25, -0.2) is 0 Å². The van der Waals surface area contributed by atoms with Crippen molar-refractivity contribution in [1.82, 2.24) is 5.32 Å². The molecule has 11 heavy (non-hydrogen) atoms. The molecule has 2 nitrogen and oxygen atoms in total. The predicted molar refractivity (Wildman–Crippen MR) is 46.3 cm³/mol. The van der Waals surface area contributed by atoms with E-state index in [2.05, 4.69) is 11.9 Å². The van der Waals surface area contributed by atoms with Crippen molar-refractivity contribution in [3.8, 4) is 0 Å². The standard InChI is InChI=1S/C9H11NO/c1-7-5-3-4-6-8(7)9(11)10-2/h3-6,10-11H,1H2,2H3/b9-8+. The summed E-state index contributed by atoms with van der Waals surface area (Å²) in [7, 11) is 1.67. The van der Waals surface area contributed by atoms with Crippen molar-refractivity contribution >= 4 is 12.5 Å². The van der Waals surface area contributed by atoms with E-state index >= 15 is 0 Å². The maximum absolute atomic E-state index is 9.28. The first-order chi connectivity index (χ1) is 5.25. The molecule has 58 valence electrons. The number of hydrogen-bond acceptors (Lipinski definition) is 2. The molecule has 0 saturated carbocycles. The van der Waals surface area contributed by atoms with Crippen LogP contribution in [0.15, 0.2) is 24.3 Å². The highest BCUT2D eigenvalue weighted by Crippen LogP contribution is 1.74. The summed E-state index contributed by atoms with van der Waals surface area (Å²) in [5, 5.41) is 13.5. The zero-order valence-corrected chi connectivity index (χ0v) is 6.46. The Morgan fingerprint density at radius 2 is 2.09 bits per heavy atom. The Labute approximate surface area is 65.5 Å². The summed E-state index contributed by atoms with van der Waals surface area (Å²) in [6.07, 6.45) is 0. The summed E-state index contributed by atoms with van der Waals surface area (Å²) < 4.78 is 0. The molecule has 1 rings (SSSR count). The van der Waals surface area contributed by atoms with Gasteiger partial charge in [0.25, 0.3) is 0 Å². The Morgan fingerprint density at radius 3 is 2.64 bits per heavy atom. The summed E-state index contributed by atoms with van der Waals surface area (Å²) in [6.45, 7) is 3.77. The first-order valence-electron chi connectivity index (χ1n) is 3.40. The van der Waals surface area contributed by atoms with Crippen molar-refractivity contribution in [3.63, 3.8) is 0 Å². The van der Waals surface area contributed by atoms with Gasteiger partial charge in [-0.3, -0.25) is 0 Å². The molecule has 0 heterocycles. The Morgan fingerprint density at radius 1 is 1.45 bits per heavy atom. The van der Waals surface area contributed by atoms with Crippen molar-refractivity contribution in [2.24, 2.45) is 0 Å². The molecular formula is C9H11NO. The second-order valence-corrected chi connectivity index (χ2v) is 2.26. The second-order valence-electron chi connectivity index (χ2n) is 2.26. The lowest BCUT2D eigenvalue weighted by Gasteiger charge is -1.96. The van der Waals surface area contributed by atoms with Gasteiger partial charge in [-0.1, -0.05) is 24.8 Å². The quantitative estimate of drug-likeness (QED) is 0.586. The van der Waals surface area contributed by atoms with Crippen LogP contribution in [-0.2, 0) is 0 Å². The molecule has 2 heteroatoms. The first-order valence-corrected chi connectivity index (χ1v) is 3.40. The van der Waals surface area contributed by atoms with Crippen LogP contribution in [0.4, 0.5) is 0 Å². The van der Waals surface area contributed by atoms with Crippen molar-refractivity contribution < 1.29 is 5.11 Å². The summed E-state index contributed by atoms with van der Waals surface area (Å²) in [4.78, 5) is 0. The monoisotopic (exact) mass is 149 g/mol. The van der Waals surface area contributed by atoms with E-state index in [1.165, 1.54) is 0 Å². The van der Waals surface area contributed by atoms with Crippen molar-refractivity contribution in [2.75, 3.05) is 7.05 Å². The lowest BCUT2D eigenvalue weighted by molar-refractivity contribution is 0.469. The fourth-order valence-electron chi connectivity index (χ4n) is 0.886. The molecule has 0 unspecified atom stereocenters. The molecular weight excluding hydrogens is 138 g/mol. The molecule has 0 bridgehead atoms. The van der Waals surface area contributed by atoms with E-state index in [4.69, 9.17) is 0 Å². The molecule has 2 N–H and O–H groups in total. The van der Waals surface area contributed by atoms with Gasteiger partial charge in [0.2, 0.25) is 0 Å². The van der Waals surface area contributed by atoms with Gasteiger partial charge in [0, 0.05) is 12.3 Å². The molecule has 0 aliphatic rings. The van der Waals surface area contributed by atoms with Gasteiger partial charge in [-0.15, -0.1) is 0 Å². The smallest absolute Gasteiger partial charge is 0.191 e. The van der Waals surface area contributed by atoms with Crippen molar-refractivity contribution in [1.29, 1.82) is 0 Å². The summed E-state index contributed by atoms with van der Waals surface area (Å²) in [5.41, 5.74) is 0. The number of nitrogens with one attached hydrogen (secondary N) is 1. The Kier molecular flexibility index (Phi) is 2.16. The van der Waals surface area contributed by atoms with E-state index in [1.807, 2.05) is 24.3 Å². The van der Waals surface area contributed by atoms with Crippen LogP contribution in [0.25, 0.3) is 12.5 Å². The molecule has 0 fully saturated rings.